The van der Waals surface area contributed by atoms with Crippen LogP contribution in [-0.2, 0) is 21.4 Å². The monoisotopic (exact) mass is 392 g/mol. The van der Waals surface area contributed by atoms with E-state index in [0.29, 0.717) is 17.0 Å². The Bertz CT molecular complexity index is 1040. The maximum absolute atomic E-state index is 13.0. The van der Waals surface area contributed by atoms with Crippen molar-refractivity contribution < 1.29 is 14.3 Å². The molecule has 3 N–H and O–H groups in total. The van der Waals surface area contributed by atoms with Crippen molar-refractivity contribution in [2.75, 3.05) is 5.32 Å². The smallest absolute Gasteiger partial charge is 0.251 e. The highest BCUT2D eigenvalue weighted by atomic mass is 16.5. The lowest BCUT2D eigenvalue weighted by atomic mass is 9.72. The van der Waals surface area contributed by atoms with E-state index < -0.39 is 11.3 Å². The SMILES string of the molecule is CC1OC2=C(C=C(C(=O)Nc3cnn(C)c3)CC2(C)C(N)=O)C1c1ccccc1. The molecule has 7 heteroatoms. The first-order valence-electron chi connectivity index (χ1n) is 9.56. The van der Waals surface area contributed by atoms with Crippen LogP contribution in [0.1, 0.15) is 31.7 Å². The number of rotatable bonds is 4. The van der Waals surface area contributed by atoms with E-state index in [1.807, 2.05) is 43.3 Å². The number of benzene rings is 1. The van der Waals surface area contributed by atoms with Crippen LogP contribution in [-0.4, -0.2) is 27.7 Å². The van der Waals surface area contributed by atoms with Crippen molar-refractivity contribution in [1.29, 1.82) is 0 Å². The summed E-state index contributed by atoms with van der Waals surface area (Å²) in [4.78, 5) is 25.4. The van der Waals surface area contributed by atoms with E-state index in [1.54, 1.807) is 31.0 Å². The number of carbonyl (C=O) groups is 2. The van der Waals surface area contributed by atoms with E-state index in [2.05, 4.69) is 10.4 Å². The molecule has 0 radical (unpaired) electrons. The molecule has 1 aliphatic carbocycles. The Morgan fingerprint density at radius 3 is 2.66 bits per heavy atom. The molecule has 3 atom stereocenters. The standard InChI is InChI=1S/C22H24N4O3/c1-13-18(14-7-5-4-6-8-14)17-9-15(10-22(2,21(23)28)19(17)29-13)20(27)25-16-11-24-26(3)12-16/h4-9,11-13,18H,10H2,1-3H3,(H2,23,28)(H,25,27). The number of carbonyl (C=O) groups excluding carboxylic acids is 2. The molecular formula is C22H24N4O3. The number of nitrogens with two attached hydrogens (primary N) is 1. The van der Waals surface area contributed by atoms with Crippen molar-refractivity contribution in [3.8, 4) is 0 Å². The summed E-state index contributed by atoms with van der Waals surface area (Å²) in [7, 11) is 1.78. The zero-order chi connectivity index (χ0) is 20.8. The number of nitrogens with zero attached hydrogens (tertiary/aromatic N) is 2. The minimum atomic E-state index is -1.08. The van der Waals surface area contributed by atoms with Gasteiger partial charge in [0.1, 0.15) is 17.3 Å². The Labute approximate surface area is 169 Å². The molecule has 150 valence electrons. The van der Waals surface area contributed by atoms with E-state index in [-0.39, 0.29) is 24.3 Å². The van der Waals surface area contributed by atoms with E-state index in [4.69, 9.17) is 10.5 Å². The fraction of sp³-hybridized carbons (Fsp3) is 0.318. The molecule has 0 saturated heterocycles. The lowest BCUT2D eigenvalue weighted by molar-refractivity contribution is -0.127. The Morgan fingerprint density at radius 2 is 2.03 bits per heavy atom. The van der Waals surface area contributed by atoms with Crippen molar-refractivity contribution >= 4 is 17.5 Å². The quantitative estimate of drug-likeness (QED) is 0.835. The van der Waals surface area contributed by atoms with Crippen LogP contribution in [0.25, 0.3) is 0 Å². The van der Waals surface area contributed by atoms with Gasteiger partial charge in [0, 0.05) is 30.3 Å². The van der Waals surface area contributed by atoms with E-state index in [0.717, 1.165) is 11.1 Å². The van der Waals surface area contributed by atoms with Crippen LogP contribution in [0.5, 0.6) is 0 Å². The van der Waals surface area contributed by atoms with Gasteiger partial charge in [-0.3, -0.25) is 14.3 Å². The summed E-state index contributed by atoms with van der Waals surface area (Å²) >= 11 is 0. The van der Waals surface area contributed by atoms with E-state index >= 15 is 0 Å². The molecule has 1 aliphatic heterocycles. The van der Waals surface area contributed by atoms with Gasteiger partial charge in [0.2, 0.25) is 5.91 Å². The maximum Gasteiger partial charge on any atom is 0.251 e. The minimum absolute atomic E-state index is 0.0774. The first-order valence-corrected chi connectivity index (χ1v) is 9.56. The average molecular weight is 392 g/mol. The van der Waals surface area contributed by atoms with Gasteiger partial charge in [-0.2, -0.15) is 5.10 Å². The lowest BCUT2D eigenvalue weighted by Crippen LogP contribution is -2.40. The highest BCUT2D eigenvalue weighted by molar-refractivity contribution is 6.05. The van der Waals surface area contributed by atoms with Crippen LogP contribution in [0.15, 0.2) is 65.7 Å². The molecule has 7 nitrogen and oxygen atoms in total. The fourth-order valence-corrected chi connectivity index (χ4v) is 4.17. The second-order valence-electron chi connectivity index (χ2n) is 7.90. The fourth-order valence-electron chi connectivity index (χ4n) is 4.17. The zero-order valence-corrected chi connectivity index (χ0v) is 16.7. The molecule has 0 saturated carbocycles. The Hall–Kier alpha value is -3.35. The number of hydrogen-bond acceptors (Lipinski definition) is 4. The first-order chi connectivity index (χ1) is 13.8. The van der Waals surface area contributed by atoms with Crippen molar-refractivity contribution in [3.05, 3.63) is 71.3 Å². The number of aromatic nitrogens is 2. The van der Waals surface area contributed by atoms with Crippen LogP contribution < -0.4 is 11.1 Å². The van der Waals surface area contributed by atoms with Crippen molar-refractivity contribution in [2.45, 2.75) is 32.3 Å². The highest BCUT2D eigenvalue weighted by Crippen LogP contribution is 2.51. The summed E-state index contributed by atoms with van der Waals surface area (Å²) < 4.78 is 7.76. The maximum atomic E-state index is 13.0. The van der Waals surface area contributed by atoms with E-state index in [1.165, 1.54) is 0 Å². The second-order valence-corrected chi connectivity index (χ2v) is 7.90. The van der Waals surface area contributed by atoms with Gasteiger partial charge in [0.05, 0.1) is 11.9 Å². The summed E-state index contributed by atoms with van der Waals surface area (Å²) in [5, 5.41) is 6.91. The third-order valence-corrected chi connectivity index (χ3v) is 5.70. The van der Waals surface area contributed by atoms with Gasteiger partial charge < -0.3 is 15.8 Å². The number of ether oxygens (including phenoxy) is 1. The van der Waals surface area contributed by atoms with Gasteiger partial charge in [-0.15, -0.1) is 0 Å². The van der Waals surface area contributed by atoms with Crippen molar-refractivity contribution in [1.82, 2.24) is 9.78 Å². The Balaban J connectivity index is 1.76. The van der Waals surface area contributed by atoms with Crippen LogP contribution >= 0.6 is 0 Å². The van der Waals surface area contributed by atoms with Gasteiger partial charge in [-0.25, -0.2) is 0 Å². The number of anilines is 1. The molecule has 2 aliphatic rings. The molecule has 29 heavy (non-hydrogen) atoms. The third kappa shape index (κ3) is 3.22. The topological polar surface area (TPSA) is 99.2 Å². The number of aryl methyl sites for hydroxylation is 1. The number of allylic oxidation sites excluding steroid dienone is 1. The molecule has 2 aromatic rings. The average Bonchev–Trinajstić information content (AvgIpc) is 3.24. The Kier molecular flexibility index (Phi) is 4.53. The van der Waals surface area contributed by atoms with Gasteiger partial charge >= 0.3 is 0 Å². The predicted octanol–water partition coefficient (Wildman–Crippen LogP) is 2.64. The molecule has 2 heterocycles. The molecule has 2 amide bonds. The third-order valence-electron chi connectivity index (χ3n) is 5.70. The largest absolute Gasteiger partial charge is 0.493 e. The number of hydrogen-bond donors (Lipinski definition) is 2. The molecule has 1 aromatic carbocycles. The molecule has 3 unspecified atom stereocenters. The minimum Gasteiger partial charge on any atom is -0.493 e. The number of nitrogens with one attached hydrogen (secondary N) is 1. The Morgan fingerprint density at radius 1 is 1.31 bits per heavy atom. The van der Waals surface area contributed by atoms with Gasteiger partial charge in [0.25, 0.3) is 5.91 Å². The van der Waals surface area contributed by atoms with Crippen molar-refractivity contribution in [2.24, 2.45) is 18.2 Å². The summed E-state index contributed by atoms with van der Waals surface area (Å²) in [5.74, 6) is -0.287. The van der Waals surface area contributed by atoms with E-state index in [9.17, 15) is 9.59 Å². The highest BCUT2D eigenvalue weighted by Gasteiger charge is 2.49. The molecular weight excluding hydrogens is 368 g/mol. The molecule has 1 aromatic heterocycles. The predicted molar refractivity (Wildman–Crippen MR) is 109 cm³/mol. The number of amides is 2. The number of primary amides is 1. The normalized spacial score (nSPS) is 25.8. The summed E-state index contributed by atoms with van der Waals surface area (Å²) in [6, 6.07) is 9.95. The zero-order valence-electron chi connectivity index (χ0n) is 16.7. The molecule has 0 spiro atoms. The van der Waals surface area contributed by atoms with Crippen LogP contribution in [0.2, 0.25) is 0 Å². The van der Waals surface area contributed by atoms with Gasteiger partial charge in [-0.05, 0) is 31.9 Å². The lowest BCUT2D eigenvalue weighted by Gasteiger charge is -2.31. The molecule has 0 bridgehead atoms. The second kappa shape index (κ2) is 6.92. The molecule has 0 fully saturated rings. The van der Waals surface area contributed by atoms with Crippen LogP contribution in [0.4, 0.5) is 5.69 Å². The summed E-state index contributed by atoms with van der Waals surface area (Å²) in [5.41, 5.74) is 7.70. The summed E-state index contributed by atoms with van der Waals surface area (Å²) in [6.45, 7) is 3.72. The van der Waals surface area contributed by atoms with Gasteiger partial charge in [0.15, 0.2) is 0 Å². The van der Waals surface area contributed by atoms with Crippen LogP contribution in [0, 0.1) is 5.41 Å². The van der Waals surface area contributed by atoms with Crippen LogP contribution in [0.3, 0.4) is 0 Å². The first kappa shape index (κ1) is 19.0. The molecule has 4 rings (SSSR count). The van der Waals surface area contributed by atoms with Gasteiger partial charge in [-0.1, -0.05) is 30.3 Å². The van der Waals surface area contributed by atoms with Crippen molar-refractivity contribution in [3.63, 3.8) is 0 Å². The summed E-state index contributed by atoms with van der Waals surface area (Å²) in [6.07, 6.45) is 5.16.